The van der Waals surface area contributed by atoms with Crippen LogP contribution in [-0.4, -0.2) is 62.9 Å². The van der Waals surface area contributed by atoms with E-state index >= 15 is 0 Å². The molecule has 0 aromatic heterocycles. The third-order valence-corrected chi connectivity index (χ3v) is 5.05. The van der Waals surface area contributed by atoms with Crippen molar-refractivity contribution >= 4 is 41.8 Å². The van der Waals surface area contributed by atoms with Crippen molar-refractivity contribution in [2.45, 2.75) is 57.4 Å². The second kappa shape index (κ2) is 10.9. The van der Waals surface area contributed by atoms with Crippen LogP contribution in [0, 0.1) is 5.41 Å². The summed E-state index contributed by atoms with van der Waals surface area (Å²) in [5.41, 5.74) is -0.314. The Morgan fingerprint density at radius 1 is 1.15 bits per heavy atom. The summed E-state index contributed by atoms with van der Waals surface area (Å²) in [6.45, 7) is 1.29. The van der Waals surface area contributed by atoms with Gasteiger partial charge in [-0.3, -0.25) is 14.6 Å². The number of nitrogens with one attached hydrogen (secondary N) is 3. The molecular weight excluding hydrogens is 445 g/mol. The number of carbonyl (C=O) groups excluding carboxylic acids is 2. The van der Waals surface area contributed by atoms with Crippen LogP contribution in [0.25, 0.3) is 0 Å². The van der Waals surface area contributed by atoms with Crippen LogP contribution < -0.4 is 16.0 Å². The molecule has 2 amide bonds. The molecule has 0 bridgehead atoms. The predicted molar refractivity (Wildman–Crippen MR) is 115 cm³/mol. The van der Waals surface area contributed by atoms with Gasteiger partial charge < -0.3 is 20.9 Å². The van der Waals surface area contributed by atoms with Gasteiger partial charge in [-0.1, -0.05) is 12.8 Å². The van der Waals surface area contributed by atoms with Crippen LogP contribution in [-0.2, 0) is 9.59 Å². The minimum Gasteiger partial charge on any atom is -0.356 e. The number of nitrogens with zero attached hydrogens (tertiary/aromatic N) is 2. The van der Waals surface area contributed by atoms with Gasteiger partial charge in [0, 0.05) is 46.7 Å². The van der Waals surface area contributed by atoms with Crippen molar-refractivity contribution in [3.05, 3.63) is 0 Å². The Morgan fingerprint density at radius 3 is 2.35 bits per heavy atom. The van der Waals surface area contributed by atoms with Gasteiger partial charge >= 0.3 is 0 Å². The van der Waals surface area contributed by atoms with E-state index in [4.69, 9.17) is 0 Å². The highest BCUT2D eigenvalue weighted by molar-refractivity contribution is 14.0. The molecule has 2 rings (SSSR count). The highest BCUT2D eigenvalue weighted by Gasteiger charge is 2.42. The second-order valence-electron chi connectivity index (χ2n) is 7.48. The molecule has 2 aliphatic rings. The van der Waals surface area contributed by atoms with Gasteiger partial charge in [0.05, 0.1) is 5.41 Å². The third kappa shape index (κ3) is 6.92. The Bertz CT molecular complexity index is 500. The van der Waals surface area contributed by atoms with E-state index in [0.29, 0.717) is 31.5 Å². The zero-order valence-electron chi connectivity index (χ0n) is 16.3. The lowest BCUT2D eigenvalue weighted by molar-refractivity contribution is -0.138. The molecule has 7 nitrogen and oxygen atoms in total. The Labute approximate surface area is 174 Å². The Morgan fingerprint density at radius 2 is 1.81 bits per heavy atom. The average molecular weight is 479 g/mol. The lowest BCUT2D eigenvalue weighted by atomic mass is 9.84. The Kier molecular flexibility index (Phi) is 9.67. The molecule has 26 heavy (non-hydrogen) atoms. The van der Waals surface area contributed by atoms with Crippen LogP contribution in [0.5, 0.6) is 0 Å². The fourth-order valence-electron chi connectivity index (χ4n) is 3.45. The maximum Gasteiger partial charge on any atom is 0.230 e. The van der Waals surface area contributed by atoms with E-state index in [9.17, 15) is 9.59 Å². The minimum atomic E-state index is -0.314. The van der Waals surface area contributed by atoms with Crippen LogP contribution in [0.3, 0.4) is 0 Å². The van der Waals surface area contributed by atoms with E-state index in [-0.39, 0.29) is 41.2 Å². The molecule has 0 radical (unpaired) electrons. The predicted octanol–water partition coefficient (Wildman–Crippen LogP) is 1.48. The summed E-state index contributed by atoms with van der Waals surface area (Å²) in [4.78, 5) is 30.2. The van der Waals surface area contributed by atoms with Gasteiger partial charge in [-0.15, -0.1) is 24.0 Å². The van der Waals surface area contributed by atoms with Crippen molar-refractivity contribution in [3.63, 3.8) is 0 Å². The molecule has 0 saturated heterocycles. The van der Waals surface area contributed by atoms with Gasteiger partial charge in [-0.25, -0.2) is 0 Å². The standard InChI is InChI=1S/C18H33N5O2.HI/c1-19-17(20-12-6-7-15(24)22-14-8-9-14)21-13-18(10-4-5-11-18)16(25)23(2)3;/h14H,4-13H2,1-3H3,(H,22,24)(H2,19,20,21);1H. The van der Waals surface area contributed by atoms with Gasteiger partial charge in [-0.2, -0.15) is 0 Å². The van der Waals surface area contributed by atoms with Crippen molar-refractivity contribution in [2.24, 2.45) is 10.4 Å². The largest absolute Gasteiger partial charge is 0.356 e. The van der Waals surface area contributed by atoms with Gasteiger partial charge in [0.15, 0.2) is 5.96 Å². The van der Waals surface area contributed by atoms with Crippen molar-refractivity contribution in [3.8, 4) is 0 Å². The Hall–Kier alpha value is -1.06. The quantitative estimate of drug-likeness (QED) is 0.213. The molecule has 3 N–H and O–H groups in total. The maximum absolute atomic E-state index is 12.6. The van der Waals surface area contributed by atoms with Crippen LogP contribution in [0.1, 0.15) is 51.4 Å². The van der Waals surface area contributed by atoms with Crippen LogP contribution in [0.4, 0.5) is 0 Å². The fraction of sp³-hybridized carbons (Fsp3) is 0.833. The Balaban J connectivity index is 0.00000338. The molecule has 0 spiro atoms. The maximum atomic E-state index is 12.6. The number of hydrogen-bond donors (Lipinski definition) is 3. The molecule has 150 valence electrons. The number of hydrogen-bond acceptors (Lipinski definition) is 3. The molecule has 0 atom stereocenters. The van der Waals surface area contributed by atoms with E-state index in [0.717, 1.165) is 44.9 Å². The summed E-state index contributed by atoms with van der Waals surface area (Å²) in [5.74, 6) is 1.03. The van der Waals surface area contributed by atoms with E-state index in [1.165, 1.54) is 0 Å². The molecule has 0 aromatic rings. The zero-order valence-corrected chi connectivity index (χ0v) is 18.6. The number of halogens is 1. The molecule has 0 aliphatic heterocycles. The van der Waals surface area contributed by atoms with Crippen molar-refractivity contribution in [2.75, 3.05) is 34.2 Å². The van der Waals surface area contributed by atoms with E-state index in [1.807, 2.05) is 14.1 Å². The van der Waals surface area contributed by atoms with Gasteiger partial charge in [0.2, 0.25) is 11.8 Å². The van der Waals surface area contributed by atoms with Crippen molar-refractivity contribution < 1.29 is 9.59 Å². The van der Waals surface area contributed by atoms with Gasteiger partial charge in [0.25, 0.3) is 0 Å². The molecule has 0 heterocycles. The first-order valence-corrected chi connectivity index (χ1v) is 9.42. The summed E-state index contributed by atoms with van der Waals surface area (Å²) in [5, 5.41) is 9.54. The number of rotatable bonds is 8. The molecule has 8 heteroatoms. The summed E-state index contributed by atoms with van der Waals surface area (Å²) >= 11 is 0. The fourth-order valence-corrected chi connectivity index (χ4v) is 3.45. The molecule has 0 unspecified atom stereocenters. The zero-order chi connectivity index (χ0) is 18.3. The molecule has 2 aliphatic carbocycles. The van der Waals surface area contributed by atoms with E-state index in [1.54, 1.807) is 11.9 Å². The summed E-state index contributed by atoms with van der Waals surface area (Å²) in [6, 6.07) is 0.423. The normalized spacial score (nSPS) is 18.7. The first-order chi connectivity index (χ1) is 12.0. The number of carbonyl (C=O) groups is 2. The number of amides is 2. The number of guanidine groups is 1. The SMILES string of the molecule is CN=C(NCCCC(=O)NC1CC1)NCC1(C(=O)N(C)C)CCCC1.I. The lowest BCUT2D eigenvalue weighted by Crippen LogP contribution is -2.49. The molecular formula is C18H34IN5O2. The smallest absolute Gasteiger partial charge is 0.230 e. The molecule has 2 saturated carbocycles. The highest BCUT2D eigenvalue weighted by Crippen LogP contribution is 2.38. The first-order valence-electron chi connectivity index (χ1n) is 9.42. The van der Waals surface area contributed by atoms with Crippen LogP contribution in [0.15, 0.2) is 4.99 Å². The molecule has 0 aromatic carbocycles. The van der Waals surface area contributed by atoms with Crippen molar-refractivity contribution in [1.29, 1.82) is 0 Å². The minimum absolute atomic E-state index is 0. The van der Waals surface area contributed by atoms with Crippen molar-refractivity contribution in [1.82, 2.24) is 20.9 Å². The molecule has 2 fully saturated rings. The monoisotopic (exact) mass is 479 g/mol. The first kappa shape index (κ1) is 23.0. The van der Waals surface area contributed by atoms with Crippen LogP contribution in [0.2, 0.25) is 0 Å². The van der Waals surface area contributed by atoms with Gasteiger partial charge in [0.1, 0.15) is 0 Å². The van der Waals surface area contributed by atoms with E-state index < -0.39 is 0 Å². The summed E-state index contributed by atoms with van der Waals surface area (Å²) < 4.78 is 0. The number of aliphatic imine (C=N–C) groups is 1. The average Bonchev–Trinajstić information content (AvgIpc) is 3.27. The topological polar surface area (TPSA) is 85.8 Å². The van der Waals surface area contributed by atoms with E-state index in [2.05, 4.69) is 20.9 Å². The van der Waals surface area contributed by atoms with Crippen LogP contribution >= 0.6 is 24.0 Å². The third-order valence-electron chi connectivity index (χ3n) is 5.05. The summed E-state index contributed by atoms with van der Waals surface area (Å²) in [7, 11) is 5.37. The lowest BCUT2D eigenvalue weighted by Gasteiger charge is -2.31. The second-order valence-corrected chi connectivity index (χ2v) is 7.48. The van der Waals surface area contributed by atoms with Gasteiger partial charge in [-0.05, 0) is 32.1 Å². The highest BCUT2D eigenvalue weighted by atomic mass is 127. The summed E-state index contributed by atoms with van der Waals surface area (Å²) in [6.07, 6.45) is 7.59.